The van der Waals surface area contributed by atoms with Crippen molar-refractivity contribution in [3.63, 3.8) is 0 Å². The van der Waals surface area contributed by atoms with Crippen LogP contribution in [0.2, 0.25) is 0 Å². The number of hydrogen-bond donors (Lipinski definition) is 1. The van der Waals surface area contributed by atoms with Crippen LogP contribution in [-0.4, -0.2) is 9.97 Å². The van der Waals surface area contributed by atoms with E-state index in [4.69, 9.17) is 0 Å². The minimum Gasteiger partial charge on any atom is -0.339 e. The minimum absolute atomic E-state index is 0.783. The van der Waals surface area contributed by atoms with Gasteiger partial charge >= 0.3 is 0 Å². The van der Waals surface area contributed by atoms with Crippen molar-refractivity contribution < 1.29 is 0 Å². The van der Waals surface area contributed by atoms with E-state index in [0.29, 0.717) is 0 Å². The summed E-state index contributed by atoms with van der Waals surface area (Å²) >= 11 is 1.71. The molecule has 0 spiro atoms. The summed E-state index contributed by atoms with van der Waals surface area (Å²) in [5, 5.41) is 4.60. The first-order chi connectivity index (χ1) is 12.2. The second-order valence-corrected chi connectivity index (χ2v) is 6.98. The van der Waals surface area contributed by atoms with Crippen molar-refractivity contribution in [2.45, 2.75) is 20.3 Å². The third kappa shape index (κ3) is 3.13. The van der Waals surface area contributed by atoms with Crippen LogP contribution in [0.25, 0.3) is 20.7 Å². The van der Waals surface area contributed by atoms with Crippen molar-refractivity contribution in [1.29, 1.82) is 0 Å². The van der Waals surface area contributed by atoms with Crippen LogP contribution < -0.4 is 5.32 Å². The van der Waals surface area contributed by atoms with Gasteiger partial charge in [-0.3, -0.25) is 0 Å². The number of anilines is 2. The number of fused-ring (bicyclic) bond motifs is 1. The molecule has 0 aliphatic heterocycles. The fraction of sp³-hybridized carbons (Fsp3) is 0.143. The predicted molar refractivity (Wildman–Crippen MR) is 107 cm³/mol. The van der Waals surface area contributed by atoms with Crippen molar-refractivity contribution in [2.24, 2.45) is 0 Å². The molecular weight excluding hydrogens is 326 g/mol. The second-order valence-electron chi connectivity index (χ2n) is 5.95. The number of para-hydroxylation sites is 1. The van der Waals surface area contributed by atoms with E-state index in [1.807, 2.05) is 13.0 Å². The zero-order valence-electron chi connectivity index (χ0n) is 14.3. The molecular formula is C21H19N3S. The summed E-state index contributed by atoms with van der Waals surface area (Å²) in [7, 11) is 0. The van der Waals surface area contributed by atoms with Gasteiger partial charge in [0, 0.05) is 10.6 Å². The van der Waals surface area contributed by atoms with Crippen molar-refractivity contribution in [3.05, 3.63) is 72.1 Å². The quantitative estimate of drug-likeness (QED) is 0.495. The lowest BCUT2D eigenvalue weighted by molar-refractivity contribution is 1.09. The highest BCUT2D eigenvalue weighted by molar-refractivity contribution is 7.21. The summed E-state index contributed by atoms with van der Waals surface area (Å²) in [6, 6.07) is 21.0. The Morgan fingerprint density at radius 2 is 1.72 bits per heavy atom. The number of nitrogens with zero attached hydrogens (tertiary/aromatic N) is 2. The molecule has 0 saturated heterocycles. The molecule has 0 aliphatic rings. The van der Waals surface area contributed by atoms with Gasteiger partial charge in [0.05, 0.1) is 5.39 Å². The van der Waals surface area contributed by atoms with Gasteiger partial charge in [-0.25, -0.2) is 9.97 Å². The molecule has 0 fully saturated rings. The van der Waals surface area contributed by atoms with Gasteiger partial charge in [0.2, 0.25) is 0 Å². The first kappa shape index (κ1) is 15.8. The molecule has 0 bridgehead atoms. The highest BCUT2D eigenvalue weighted by Crippen LogP contribution is 2.36. The maximum absolute atomic E-state index is 4.66. The van der Waals surface area contributed by atoms with E-state index < -0.39 is 0 Å². The zero-order valence-corrected chi connectivity index (χ0v) is 15.1. The molecule has 3 nitrogen and oxygen atoms in total. The van der Waals surface area contributed by atoms with Crippen LogP contribution in [0.1, 0.15) is 18.3 Å². The van der Waals surface area contributed by atoms with Crippen LogP contribution in [0, 0.1) is 6.92 Å². The normalized spacial score (nSPS) is 11.0. The lowest BCUT2D eigenvalue weighted by atomic mass is 10.1. The number of nitrogens with one attached hydrogen (secondary N) is 1. The van der Waals surface area contributed by atoms with Gasteiger partial charge in [-0.15, -0.1) is 11.3 Å². The van der Waals surface area contributed by atoms with E-state index >= 15 is 0 Å². The molecule has 0 amide bonds. The summed E-state index contributed by atoms with van der Waals surface area (Å²) in [6.07, 6.45) is 0.981. The average Bonchev–Trinajstić information content (AvgIpc) is 3.07. The lowest BCUT2D eigenvalue weighted by Gasteiger charge is -2.11. The van der Waals surface area contributed by atoms with Crippen molar-refractivity contribution in [3.8, 4) is 10.4 Å². The van der Waals surface area contributed by atoms with Crippen LogP contribution in [-0.2, 0) is 6.42 Å². The molecule has 4 rings (SSSR count). The Bertz CT molecular complexity index is 1020. The molecule has 0 atom stereocenters. The highest BCUT2D eigenvalue weighted by Gasteiger charge is 2.12. The maximum Gasteiger partial charge on any atom is 0.142 e. The first-order valence-electron chi connectivity index (χ1n) is 8.43. The average molecular weight is 345 g/mol. The fourth-order valence-corrected chi connectivity index (χ4v) is 4.03. The molecule has 2 aromatic heterocycles. The third-order valence-corrected chi connectivity index (χ3v) is 5.29. The molecule has 0 aliphatic carbocycles. The van der Waals surface area contributed by atoms with E-state index in [1.54, 1.807) is 11.3 Å². The van der Waals surface area contributed by atoms with Gasteiger partial charge in [-0.2, -0.15) is 0 Å². The minimum atomic E-state index is 0.783. The van der Waals surface area contributed by atoms with E-state index in [2.05, 4.69) is 76.8 Å². The number of hydrogen-bond acceptors (Lipinski definition) is 4. The van der Waals surface area contributed by atoms with Crippen LogP contribution in [0.5, 0.6) is 0 Å². The number of aromatic nitrogens is 2. The van der Waals surface area contributed by atoms with E-state index in [1.165, 1.54) is 16.0 Å². The molecule has 2 heterocycles. The number of benzene rings is 2. The molecule has 2 aromatic carbocycles. The monoisotopic (exact) mass is 345 g/mol. The van der Waals surface area contributed by atoms with Gasteiger partial charge in [0.25, 0.3) is 0 Å². The molecule has 0 radical (unpaired) electrons. The van der Waals surface area contributed by atoms with Crippen LogP contribution in [0.15, 0.2) is 60.7 Å². The Kier molecular flexibility index (Phi) is 4.20. The first-order valence-corrected chi connectivity index (χ1v) is 9.25. The van der Waals surface area contributed by atoms with Gasteiger partial charge in [-0.05, 0) is 36.6 Å². The van der Waals surface area contributed by atoms with E-state index in [-0.39, 0.29) is 0 Å². The summed E-state index contributed by atoms with van der Waals surface area (Å²) in [6.45, 7) is 4.11. The van der Waals surface area contributed by atoms with Crippen LogP contribution in [0.3, 0.4) is 0 Å². The Hall–Kier alpha value is -2.72. The number of aryl methyl sites for hydroxylation is 2. The van der Waals surface area contributed by atoms with Crippen LogP contribution >= 0.6 is 11.3 Å². The second kappa shape index (κ2) is 6.65. The van der Waals surface area contributed by atoms with Crippen LogP contribution in [0.4, 0.5) is 11.5 Å². The third-order valence-electron chi connectivity index (χ3n) is 4.21. The number of rotatable bonds is 4. The van der Waals surface area contributed by atoms with Gasteiger partial charge in [-0.1, -0.05) is 55.5 Å². The van der Waals surface area contributed by atoms with E-state index in [9.17, 15) is 0 Å². The summed E-state index contributed by atoms with van der Waals surface area (Å²) in [5.74, 6) is 1.66. The maximum atomic E-state index is 4.66. The Balaban J connectivity index is 1.82. The zero-order chi connectivity index (χ0) is 17.2. The number of thiophene rings is 1. The molecule has 25 heavy (non-hydrogen) atoms. The van der Waals surface area contributed by atoms with Crippen molar-refractivity contribution >= 4 is 33.1 Å². The largest absolute Gasteiger partial charge is 0.339 e. The lowest BCUT2D eigenvalue weighted by Crippen LogP contribution is -2.00. The van der Waals surface area contributed by atoms with E-state index in [0.717, 1.165) is 34.0 Å². The van der Waals surface area contributed by atoms with Gasteiger partial charge in [0.1, 0.15) is 16.5 Å². The molecule has 0 saturated carbocycles. The fourth-order valence-electron chi connectivity index (χ4n) is 2.95. The molecule has 4 aromatic rings. The Morgan fingerprint density at radius 1 is 0.960 bits per heavy atom. The summed E-state index contributed by atoms with van der Waals surface area (Å²) in [5.41, 5.74) is 3.60. The van der Waals surface area contributed by atoms with Gasteiger partial charge < -0.3 is 5.32 Å². The van der Waals surface area contributed by atoms with Crippen molar-refractivity contribution in [2.75, 3.05) is 5.32 Å². The molecule has 124 valence electrons. The topological polar surface area (TPSA) is 37.8 Å². The SMILES string of the molecule is CCc1ccccc1Nc1nc(C)nc2sc(-c3ccccc3)cc12. The smallest absolute Gasteiger partial charge is 0.142 e. The van der Waals surface area contributed by atoms with Crippen molar-refractivity contribution in [1.82, 2.24) is 9.97 Å². The Morgan fingerprint density at radius 3 is 2.52 bits per heavy atom. The molecule has 4 heteroatoms. The highest BCUT2D eigenvalue weighted by atomic mass is 32.1. The molecule has 1 N–H and O–H groups in total. The van der Waals surface area contributed by atoms with Gasteiger partial charge in [0.15, 0.2) is 0 Å². The standard InChI is InChI=1S/C21H19N3S/c1-3-15-9-7-8-12-18(15)24-20-17-13-19(16-10-5-4-6-11-16)25-21(17)23-14(2)22-20/h4-13H,3H2,1-2H3,(H,22,23,24). The molecule has 0 unspecified atom stereocenters. The summed E-state index contributed by atoms with van der Waals surface area (Å²) < 4.78 is 0. The Labute approximate surface area is 151 Å². The predicted octanol–water partition coefficient (Wildman–Crippen LogP) is 5.97. The summed E-state index contributed by atoms with van der Waals surface area (Å²) in [4.78, 5) is 11.5.